The maximum Gasteiger partial charge on any atom is 0.257 e. The highest BCUT2D eigenvalue weighted by molar-refractivity contribution is 7.89. The van der Waals surface area contributed by atoms with Crippen LogP contribution in [0.4, 0.5) is 5.13 Å². The van der Waals surface area contributed by atoms with Crippen molar-refractivity contribution in [3.63, 3.8) is 0 Å². The van der Waals surface area contributed by atoms with E-state index < -0.39 is 10.0 Å². The predicted octanol–water partition coefficient (Wildman–Crippen LogP) is 4.69. The summed E-state index contributed by atoms with van der Waals surface area (Å²) < 4.78 is 33.4. The number of aromatic nitrogens is 1. The van der Waals surface area contributed by atoms with E-state index in [1.54, 1.807) is 7.11 Å². The lowest BCUT2D eigenvalue weighted by atomic mass is 10.2. The molecule has 170 valence electrons. The van der Waals surface area contributed by atoms with E-state index in [2.05, 4.69) is 10.3 Å². The van der Waals surface area contributed by atoms with Crippen molar-refractivity contribution in [2.24, 2.45) is 0 Å². The number of aryl methyl sites for hydroxylation is 1. The third-order valence-corrected chi connectivity index (χ3v) is 8.14. The topological polar surface area (TPSA) is 88.6 Å². The lowest BCUT2D eigenvalue weighted by Crippen LogP contribution is -2.26. The number of nitrogens with zero attached hydrogens (tertiary/aromatic N) is 2. The number of nitrogens with one attached hydrogen (secondary N) is 1. The summed E-state index contributed by atoms with van der Waals surface area (Å²) in [5, 5.41) is 3.24. The summed E-state index contributed by atoms with van der Waals surface area (Å²) in [6.07, 6.45) is 0. The minimum absolute atomic E-state index is 0.123. The Balaban J connectivity index is 1.50. The standard InChI is InChI=1S/C24H23N3O4S2/c1-16-9-14-20(31-3)21-22(16)32-24(25-21)26-23(28)18-10-12-19(13-11-18)33(29,30)27(2)15-17-7-5-4-6-8-17/h4-14H,15H2,1-3H3,(H,25,26,28). The second-order valence-corrected chi connectivity index (χ2v) is 10.6. The molecule has 0 bridgehead atoms. The number of fused-ring (bicyclic) bond motifs is 1. The smallest absolute Gasteiger partial charge is 0.257 e. The van der Waals surface area contributed by atoms with Crippen molar-refractivity contribution in [1.82, 2.24) is 9.29 Å². The van der Waals surface area contributed by atoms with Gasteiger partial charge in [-0.05, 0) is 48.4 Å². The number of sulfonamides is 1. The van der Waals surface area contributed by atoms with E-state index >= 15 is 0 Å². The highest BCUT2D eigenvalue weighted by Crippen LogP contribution is 2.34. The summed E-state index contributed by atoms with van der Waals surface area (Å²) in [6, 6.07) is 19.0. The zero-order chi connectivity index (χ0) is 23.6. The van der Waals surface area contributed by atoms with Crippen LogP contribution in [0.2, 0.25) is 0 Å². The van der Waals surface area contributed by atoms with Crippen molar-refractivity contribution < 1.29 is 17.9 Å². The fourth-order valence-electron chi connectivity index (χ4n) is 3.38. The van der Waals surface area contributed by atoms with Gasteiger partial charge in [0.05, 0.1) is 16.7 Å². The monoisotopic (exact) mass is 481 g/mol. The first-order valence-electron chi connectivity index (χ1n) is 10.2. The van der Waals surface area contributed by atoms with Gasteiger partial charge >= 0.3 is 0 Å². The predicted molar refractivity (Wildman–Crippen MR) is 130 cm³/mol. The highest BCUT2D eigenvalue weighted by atomic mass is 32.2. The molecule has 0 spiro atoms. The van der Waals surface area contributed by atoms with Crippen LogP contribution in [0.15, 0.2) is 71.6 Å². The molecule has 9 heteroatoms. The highest BCUT2D eigenvalue weighted by Gasteiger charge is 2.21. The first-order valence-corrected chi connectivity index (χ1v) is 12.4. The Morgan fingerprint density at radius 1 is 1.06 bits per heavy atom. The van der Waals surface area contributed by atoms with Gasteiger partial charge in [-0.3, -0.25) is 10.1 Å². The van der Waals surface area contributed by atoms with E-state index in [1.807, 2.05) is 49.4 Å². The van der Waals surface area contributed by atoms with Crippen molar-refractivity contribution in [2.75, 3.05) is 19.5 Å². The van der Waals surface area contributed by atoms with E-state index in [0.717, 1.165) is 15.8 Å². The van der Waals surface area contributed by atoms with Gasteiger partial charge in [0.15, 0.2) is 5.13 Å². The molecule has 7 nitrogen and oxygen atoms in total. The molecular formula is C24H23N3O4S2. The van der Waals surface area contributed by atoms with E-state index in [-0.39, 0.29) is 17.3 Å². The molecule has 0 saturated carbocycles. The molecule has 1 amide bonds. The number of methoxy groups -OCH3 is 1. The first kappa shape index (κ1) is 22.9. The van der Waals surface area contributed by atoms with Crippen LogP contribution in [-0.4, -0.2) is 37.8 Å². The summed E-state index contributed by atoms with van der Waals surface area (Å²) in [5.41, 5.74) is 2.96. The normalized spacial score (nSPS) is 11.6. The maximum atomic E-state index is 12.9. The number of thiazole rings is 1. The number of amides is 1. The average Bonchev–Trinajstić information content (AvgIpc) is 3.24. The average molecular weight is 482 g/mol. The quantitative estimate of drug-likeness (QED) is 0.414. The molecule has 0 unspecified atom stereocenters. The van der Waals surface area contributed by atoms with Crippen molar-refractivity contribution in [3.8, 4) is 5.75 Å². The lowest BCUT2D eigenvalue weighted by Gasteiger charge is -2.17. The third-order valence-electron chi connectivity index (χ3n) is 5.22. The Bertz CT molecular complexity index is 1400. The van der Waals surface area contributed by atoms with Crippen LogP contribution in [0.25, 0.3) is 10.2 Å². The number of hydrogen-bond donors (Lipinski definition) is 1. The van der Waals surface area contributed by atoms with Crippen LogP contribution in [0.5, 0.6) is 5.75 Å². The van der Waals surface area contributed by atoms with Crippen LogP contribution >= 0.6 is 11.3 Å². The number of anilines is 1. The van der Waals surface area contributed by atoms with Gasteiger partial charge in [0, 0.05) is 19.2 Å². The van der Waals surface area contributed by atoms with Gasteiger partial charge in [-0.15, -0.1) is 0 Å². The minimum atomic E-state index is -3.69. The van der Waals surface area contributed by atoms with Crippen molar-refractivity contribution in [1.29, 1.82) is 0 Å². The Morgan fingerprint density at radius 3 is 2.42 bits per heavy atom. The molecule has 0 aliphatic heterocycles. The summed E-state index contributed by atoms with van der Waals surface area (Å²) >= 11 is 1.36. The van der Waals surface area contributed by atoms with Crippen molar-refractivity contribution in [3.05, 3.63) is 83.4 Å². The fraction of sp³-hybridized carbons (Fsp3) is 0.167. The Morgan fingerprint density at radius 2 is 1.76 bits per heavy atom. The maximum absolute atomic E-state index is 12.9. The van der Waals surface area contributed by atoms with Gasteiger partial charge in [0.2, 0.25) is 10.0 Å². The number of benzene rings is 3. The Labute approximate surface area is 196 Å². The number of carbonyl (C=O) groups excluding carboxylic acids is 1. The van der Waals surface area contributed by atoms with E-state index in [1.165, 1.54) is 47.0 Å². The molecule has 4 rings (SSSR count). The summed E-state index contributed by atoms with van der Waals surface area (Å²) in [7, 11) is -0.579. The van der Waals surface area contributed by atoms with Crippen LogP contribution < -0.4 is 10.1 Å². The van der Waals surface area contributed by atoms with Crippen LogP contribution in [0.3, 0.4) is 0 Å². The molecule has 0 fully saturated rings. The van der Waals surface area contributed by atoms with E-state index in [9.17, 15) is 13.2 Å². The van der Waals surface area contributed by atoms with Crippen molar-refractivity contribution in [2.45, 2.75) is 18.4 Å². The van der Waals surface area contributed by atoms with Crippen LogP contribution in [0, 0.1) is 6.92 Å². The molecule has 0 atom stereocenters. The van der Waals surface area contributed by atoms with Gasteiger partial charge in [-0.25, -0.2) is 13.4 Å². The molecule has 1 heterocycles. The molecule has 0 saturated heterocycles. The van der Waals surface area contributed by atoms with E-state index in [0.29, 0.717) is 22.0 Å². The second-order valence-electron chi connectivity index (χ2n) is 7.51. The fourth-order valence-corrected chi connectivity index (χ4v) is 5.49. The van der Waals surface area contributed by atoms with Crippen LogP contribution in [0.1, 0.15) is 21.5 Å². The second kappa shape index (κ2) is 9.30. The molecule has 0 aliphatic carbocycles. The molecule has 4 aromatic rings. The minimum Gasteiger partial charge on any atom is -0.494 e. The number of hydrogen-bond acceptors (Lipinski definition) is 6. The zero-order valence-corrected chi connectivity index (χ0v) is 20.0. The van der Waals surface area contributed by atoms with E-state index in [4.69, 9.17) is 4.74 Å². The first-order chi connectivity index (χ1) is 15.8. The number of ether oxygens (including phenoxy) is 1. The Kier molecular flexibility index (Phi) is 6.46. The zero-order valence-electron chi connectivity index (χ0n) is 18.4. The number of rotatable bonds is 7. The summed E-state index contributed by atoms with van der Waals surface area (Å²) in [5.74, 6) is 0.272. The van der Waals surface area contributed by atoms with Gasteiger partial charge in [-0.2, -0.15) is 4.31 Å². The molecule has 1 aromatic heterocycles. The van der Waals surface area contributed by atoms with Crippen molar-refractivity contribution >= 4 is 42.6 Å². The third kappa shape index (κ3) is 4.75. The largest absolute Gasteiger partial charge is 0.494 e. The molecular weight excluding hydrogens is 458 g/mol. The van der Waals surface area contributed by atoms with Gasteiger partial charge in [0.1, 0.15) is 11.3 Å². The molecule has 1 N–H and O–H groups in total. The molecule has 33 heavy (non-hydrogen) atoms. The molecule has 0 aliphatic rings. The Hall–Kier alpha value is -3.27. The summed E-state index contributed by atoms with van der Waals surface area (Å²) in [6.45, 7) is 2.23. The SMILES string of the molecule is COc1ccc(C)c2sc(NC(=O)c3ccc(S(=O)(=O)N(C)Cc4ccccc4)cc3)nc12. The lowest BCUT2D eigenvalue weighted by molar-refractivity contribution is 0.102. The van der Waals surface area contributed by atoms with Gasteiger partial charge < -0.3 is 4.74 Å². The number of carbonyl (C=O) groups is 1. The van der Waals surface area contributed by atoms with Gasteiger partial charge in [-0.1, -0.05) is 47.7 Å². The summed E-state index contributed by atoms with van der Waals surface area (Å²) in [4.78, 5) is 17.3. The molecule has 0 radical (unpaired) electrons. The van der Waals surface area contributed by atoms with Crippen LogP contribution in [-0.2, 0) is 16.6 Å². The molecule has 3 aromatic carbocycles. The van der Waals surface area contributed by atoms with Gasteiger partial charge in [0.25, 0.3) is 5.91 Å².